The van der Waals surface area contributed by atoms with Crippen LogP contribution in [-0.2, 0) is 10.0 Å². The normalized spacial score (nSPS) is 15.5. The van der Waals surface area contributed by atoms with E-state index in [0.29, 0.717) is 17.4 Å². The van der Waals surface area contributed by atoms with Gasteiger partial charge in [-0.05, 0) is 49.4 Å². The lowest BCUT2D eigenvalue weighted by atomic mass is 10.2. The molecular formula is C14H16BrNO2S. The Balaban J connectivity index is 2.32. The van der Waals surface area contributed by atoms with E-state index in [4.69, 9.17) is 6.42 Å². The molecule has 102 valence electrons. The molecule has 1 aliphatic carbocycles. The maximum atomic E-state index is 12.6. The van der Waals surface area contributed by atoms with E-state index in [1.54, 1.807) is 18.2 Å². The third kappa shape index (κ3) is 3.38. The van der Waals surface area contributed by atoms with Gasteiger partial charge in [0.05, 0.1) is 11.4 Å². The summed E-state index contributed by atoms with van der Waals surface area (Å²) in [5, 5.41) is 0. The fraction of sp³-hybridized carbons (Fsp3) is 0.429. The average molecular weight is 342 g/mol. The molecule has 0 heterocycles. The van der Waals surface area contributed by atoms with Crippen molar-refractivity contribution in [3.63, 3.8) is 0 Å². The Morgan fingerprint density at radius 1 is 1.47 bits per heavy atom. The summed E-state index contributed by atoms with van der Waals surface area (Å²) in [5.41, 5.74) is 0.896. The van der Waals surface area contributed by atoms with Gasteiger partial charge in [0.2, 0.25) is 10.0 Å². The molecule has 0 unspecified atom stereocenters. The Hall–Kier alpha value is -0.830. The van der Waals surface area contributed by atoms with Crippen molar-refractivity contribution in [3.8, 4) is 12.3 Å². The Morgan fingerprint density at radius 3 is 2.68 bits per heavy atom. The fourth-order valence-electron chi connectivity index (χ4n) is 1.86. The molecule has 1 aromatic carbocycles. The van der Waals surface area contributed by atoms with Crippen LogP contribution in [0.1, 0.15) is 18.4 Å². The molecule has 1 fully saturated rings. The average Bonchev–Trinajstić information content (AvgIpc) is 3.16. The minimum Gasteiger partial charge on any atom is -0.207 e. The van der Waals surface area contributed by atoms with Crippen molar-refractivity contribution in [2.45, 2.75) is 24.7 Å². The molecule has 0 amide bonds. The lowest BCUT2D eigenvalue weighted by Crippen LogP contribution is -2.33. The van der Waals surface area contributed by atoms with Crippen molar-refractivity contribution in [1.82, 2.24) is 4.31 Å². The van der Waals surface area contributed by atoms with E-state index in [1.807, 2.05) is 6.92 Å². The molecule has 0 aromatic heterocycles. The van der Waals surface area contributed by atoms with Gasteiger partial charge >= 0.3 is 0 Å². The van der Waals surface area contributed by atoms with Crippen molar-refractivity contribution in [3.05, 3.63) is 28.2 Å². The lowest BCUT2D eigenvalue weighted by molar-refractivity contribution is 0.430. The summed E-state index contributed by atoms with van der Waals surface area (Å²) < 4.78 is 27.4. The van der Waals surface area contributed by atoms with Crippen LogP contribution in [-0.4, -0.2) is 25.8 Å². The molecule has 1 aliphatic rings. The summed E-state index contributed by atoms with van der Waals surface area (Å²) in [6.07, 6.45) is 7.48. The maximum absolute atomic E-state index is 12.6. The van der Waals surface area contributed by atoms with Crippen LogP contribution < -0.4 is 0 Å². The topological polar surface area (TPSA) is 37.4 Å². The smallest absolute Gasteiger partial charge is 0.207 e. The lowest BCUT2D eigenvalue weighted by Gasteiger charge is -2.20. The summed E-state index contributed by atoms with van der Waals surface area (Å²) in [4.78, 5) is 0.309. The summed E-state index contributed by atoms with van der Waals surface area (Å²) in [6.45, 7) is 2.53. The van der Waals surface area contributed by atoms with E-state index in [1.165, 1.54) is 4.31 Å². The van der Waals surface area contributed by atoms with Crippen LogP contribution in [0.25, 0.3) is 0 Å². The van der Waals surface area contributed by atoms with E-state index in [2.05, 4.69) is 21.9 Å². The van der Waals surface area contributed by atoms with Crippen LogP contribution in [0.15, 0.2) is 27.6 Å². The quantitative estimate of drug-likeness (QED) is 0.772. The van der Waals surface area contributed by atoms with Crippen LogP contribution >= 0.6 is 15.9 Å². The summed E-state index contributed by atoms with van der Waals surface area (Å²) >= 11 is 3.37. The SMILES string of the molecule is C#CCN(CC1CC1)S(=O)(=O)c1ccc(Br)c(C)c1. The first-order valence-corrected chi connectivity index (χ1v) is 8.38. The van der Waals surface area contributed by atoms with Crippen LogP contribution in [0.3, 0.4) is 0 Å². The van der Waals surface area contributed by atoms with Crippen LogP contribution in [0.4, 0.5) is 0 Å². The first-order chi connectivity index (χ1) is 8.95. The van der Waals surface area contributed by atoms with Gasteiger partial charge in [-0.1, -0.05) is 21.9 Å². The molecule has 0 radical (unpaired) electrons. The number of hydrogen-bond acceptors (Lipinski definition) is 2. The second kappa shape index (κ2) is 5.66. The zero-order chi connectivity index (χ0) is 14.0. The predicted octanol–water partition coefficient (Wildman–Crippen LogP) is 2.79. The van der Waals surface area contributed by atoms with E-state index in [0.717, 1.165) is 22.9 Å². The van der Waals surface area contributed by atoms with Gasteiger partial charge in [-0.3, -0.25) is 0 Å². The second-order valence-electron chi connectivity index (χ2n) is 4.86. The van der Waals surface area contributed by atoms with Crippen LogP contribution in [0, 0.1) is 25.2 Å². The number of rotatable bonds is 5. The third-order valence-electron chi connectivity index (χ3n) is 3.19. The van der Waals surface area contributed by atoms with Gasteiger partial charge in [-0.15, -0.1) is 6.42 Å². The Morgan fingerprint density at radius 2 is 2.16 bits per heavy atom. The zero-order valence-electron chi connectivity index (χ0n) is 10.8. The van der Waals surface area contributed by atoms with Gasteiger partial charge in [0, 0.05) is 11.0 Å². The van der Waals surface area contributed by atoms with Crippen molar-refractivity contribution in [2.75, 3.05) is 13.1 Å². The molecule has 2 rings (SSSR count). The van der Waals surface area contributed by atoms with Crippen molar-refractivity contribution < 1.29 is 8.42 Å². The third-order valence-corrected chi connectivity index (χ3v) is 5.89. The van der Waals surface area contributed by atoms with Gasteiger partial charge in [0.1, 0.15) is 0 Å². The zero-order valence-corrected chi connectivity index (χ0v) is 13.2. The molecule has 0 atom stereocenters. The van der Waals surface area contributed by atoms with Crippen molar-refractivity contribution >= 4 is 26.0 Å². The number of nitrogens with zero attached hydrogens (tertiary/aromatic N) is 1. The number of halogens is 1. The summed E-state index contributed by atoms with van der Waals surface area (Å²) in [6, 6.07) is 5.05. The summed E-state index contributed by atoms with van der Waals surface area (Å²) in [5.74, 6) is 2.91. The number of benzene rings is 1. The van der Waals surface area contributed by atoms with Crippen molar-refractivity contribution in [1.29, 1.82) is 0 Å². The first-order valence-electron chi connectivity index (χ1n) is 6.15. The molecule has 0 N–H and O–H groups in total. The van der Waals surface area contributed by atoms with Gasteiger partial charge in [-0.2, -0.15) is 4.31 Å². The van der Waals surface area contributed by atoms with Gasteiger partial charge < -0.3 is 0 Å². The minimum atomic E-state index is -3.49. The van der Waals surface area contributed by atoms with Crippen molar-refractivity contribution in [2.24, 2.45) is 5.92 Å². The van der Waals surface area contributed by atoms with Crippen LogP contribution in [0.5, 0.6) is 0 Å². The molecule has 1 aromatic rings. The summed E-state index contributed by atoms with van der Waals surface area (Å²) in [7, 11) is -3.49. The minimum absolute atomic E-state index is 0.133. The monoisotopic (exact) mass is 341 g/mol. The van der Waals surface area contributed by atoms with Crippen LogP contribution in [0.2, 0.25) is 0 Å². The van der Waals surface area contributed by atoms with E-state index >= 15 is 0 Å². The predicted molar refractivity (Wildman–Crippen MR) is 79.2 cm³/mol. The highest BCUT2D eigenvalue weighted by molar-refractivity contribution is 9.10. The Bertz CT molecular complexity index is 615. The molecule has 19 heavy (non-hydrogen) atoms. The van der Waals surface area contributed by atoms with E-state index < -0.39 is 10.0 Å². The van der Waals surface area contributed by atoms with Gasteiger partial charge in [0.25, 0.3) is 0 Å². The first kappa shape index (κ1) is 14.6. The molecular weight excluding hydrogens is 326 g/mol. The number of hydrogen-bond donors (Lipinski definition) is 0. The number of sulfonamides is 1. The highest BCUT2D eigenvalue weighted by Crippen LogP contribution is 2.32. The second-order valence-corrected chi connectivity index (χ2v) is 7.65. The Labute approximate surface area is 123 Å². The van der Waals surface area contributed by atoms with Gasteiger partial charge in [-0.25, -0.2) is 8.42 Å². The largest absolute Gasteiger partial charge is 0.243 e. The molecule has 0 bridgehead atoms. The van der Waals surface area contributed by atoms with E-state index in [9.17, 15) is 8.42 Å². The highest BCUT2D eigenvalue weighted by atomic mass is 79.9. The molecule has 3 nitrogen and oxygen atoms in total. The fourth-order valence-corrected chi connectivity index (χ4v) is 3.63. The molecule has 0 spiro atoms. The maximum Gasteiger partial charge on any atom is 0.243 e. The van der Waals surface area contributed by atoms with E-state index in [-0.39, 0.29) is 6.54 Å². The number of terminal acetylenes is 1. The molecule has 0 aliphatic heterocycles. The number of aryl methyl sites for hydroxylation is 1. The Kier molecular flexibility index (Phi) is 4.34. The van der Waals surface area contributed by atoms with Gasteiger partial charge in [0.15, 0.2) is 0 Å². The standard InChI is InChI=1S/C14H16BrNO2S/c1-3-8-16(10-12-4-5-12)19(17,18)13-6-7-14(15)11(2)9-13/h1,6-7,9,12H,4-5,8,10H2,2H3. The molecule has 0 saturated heterocycles. The molecule has 5 heteroatoms. The highest BCUT2D eigenvalue weighted by Gasteiger charge is 2.31. The molecule has 1 saturated carbocycles.